The molecule has 0 aromatic heterocycles. The van der Waals surface area contributed by atoms with Gasteiger partial charge in [0, 0.05) is 51.0 Å². The molecule has 2 saturated heterocycles. The zero-order valence-electron chi connectivity index (χ0n) is 13.4. The summed E-state index contributed by atoms with van der Waals surface area (Å²) in [7, 11) is 0. The van der Waals surface area contributed by atoms with Crippen molar-refractivity contribution in [2.24, 2.45) is 5.92 Å². The first-order valence-corrected chi connectivity index (χ1v) is 8.27. The van der Waals surface area contributed by atoms with E-state index in [9.17, 15) is 19.6 Å². The van der Waals surface area contributed by atoms with E-state index in [1.807, 2.05) is 0 Å². The number of phenols is 1. The second-order valence-electron chi connectivity index (χ2n) is 6.30. The maximum atomic E-state index is 14.0. The number of hydrogen-bond acceptors (Lipinski definition) is 6. The Balaban J connectivity index is 2.02. The number of rotatable bonds is 4. The predicted octanol–water partition coefficient (Wildman–Crippen LogP) is 1.81. The van der Waals surface area contributed by atoms with Gasteiger partial charge in [-0.25, -0.2) is 4.39 Å². The number of aromatic hydroxyl groups is 1. The molecule has 0 aliphatic carbocycles. The van der Waals surface area contributed by atoms with Gasteiger partial charge in [-0.2, -0.15) is 0 Å². The molecule has 2 fully saturated rings. The Morgan fingerprint density at radius 1 is 1.33 bits per heavy atom. The number of ether oxygens (including phenoxy) is 1. The fourth-order valence-electron chi connectivity index (χ4n) is 3.71. The molecule has 1 aromatic carbocycles. The number of piperazine rings is 1. The van der Waals surface area contributed by atoms with Crippen molar-refractivity contribution in [3.63, 3.8) is 0 Å². The lowest BCUT2D eigenvalue weighted by Crippen LogP contribution is -2.47. The molecule has 0 radical (unpaired) electrons. The number of phenolic OH excluding ortho intramolecular Hbond substituents is 1. The summed E-state index contributed by atoms with van der Waals surface area (Å²) in [5, 5.41) is 24.8. The lowest BCUT2D eigenvalue weighted by atomic mass is 9.85. The maximum absolute atomic E-state index is 14.0. The predicted molar refractivity (Wildman–Crippen MR) is 85.4 cm³/mol. The Bertz CT molecular complexity index is 583. The maximum Gasteiger partial charge on any atom is 0.313 e. The van der Waals surface area contributed by atoms with Gasteiger partial charge in [-0.05, 0) is 24.8 Å². The van der Waals surface area contributed by atoms with Crippen molar-refractivity contribution in [1.82, 2.24) is 10.2 Å². The third-order valence-corrected chi connectivity index (χ3v) is 4.86. The van der Waals surface area contributed by atoms with Gasteiger partial charge in [-0.3, -0.25) is 15.0 Å². The van der Waals surface area contributed by atoms with Gasteiger partial charge < -0.3 is 15.2 Å². The van der Waals surface area contributed by atoms with Crippen molar-refractivity contribution in [2.45, 2.75) is 18.9 Å². The van der Waals surface area contributed by atoms with E-state index in [0.29, 0.717) is 18.8 Å². The van der Waals surface area contributed by atoms with Gasteiger partial charge in [0.15, 0.2) is 5.75 Å². The average molecular weight is 339 g/mol. The minimum Gasteiger partial charge on any atom is -0.502 e. The molecule has 2 aliphatic heterocycles. The third-order valence-electron chi connectivity index (χ3n) is 4.86. The summed E-state index contributed by atoms with van der Waals surface area (Å²) in [4.78, 5) is 12.6. The fourth-order valence-corrected chi connectivity index (χ4v) is 3.71. The second-order valence-corrected chi connectivity index (χ2v) is 6.30. The highest BCUT2D eigenvalue weighted by molar-refractivity contribution is 5.52. The molecule has 2 heterocycles. The van der Waals surface area contributed by atoms with Crippen molar-refractivity contribution in [2.75, 3.05) is 39.4 Å². The Morgan fingerprint density at radius 2 is 2.00 bits per heavy atom. The van der Waals surface area contributed by atoms with Crippen LogP contribution in [0.15, 0.2) is 12.1 Å². The molecule has 132 valence electrons. The Hall–Kier alpha value is -1.77. The van der Waals surface area contributed by atoms with Crippen molar-refractivity contribution in [1.29, 1.82) is 0 Å². The van der Waals surface area contributed by atoms with Crippen LogP contribution in [0.4, 0.5) is 10.1 Å². The highest BCUT2D eigenvalue weighted by Crippen LogP contribution is 2.42. The van der Waals surface area contributed by atoms with Gasteiger partial charge in [0.25, 0.3) is 0 Å². The zero-order chi connectivity index (χ0) is 17.1. The van der Waals surface area contributed by atoms with Crippen molar-refractivity contribution < 1.29 is 19.2 Å². The number of benzene rings is 1. The molecule has 0 bridgehead atoms. The van der Waals surface area contributed by atoms with Gasteiger partial charge in [0.1, 0.15) is 5.82 Å². The van der Waals surface area contributed by atoms with Gasteiger partial charge in [0.05, 0.1) is 11.0 Å². The summed E-state index contributed by atoms with van der Waals surface area (Å²) in [5.74, 6) is -0.942. The largest absolute Gasteiger partial charge is 0.502 e. The molecule has 2 aliphatic rings. The zero-order valence-corrected chi connectivity index (χ0v) is 13.4. The molecule has 0 unspecified atom stereocenters. The first-order valence-electron chi connectivity index (χ1n) is 8.27. The van der Waals surface area contributed by atoms with Crippen LogP contribution in [0, 0.1) is 21.8 Å². The summed E-state index contributed by atoms with van der Waals surface area (Å²) < 4.78 is 19.4. The van der Waals surface area contributed by atoms with E-state index in [2.05, 4.69) is 10.2 Å². The number of halogens is 1. The molecule has 24 heavy (non-hydrogen) atoms. The van der Waals surface area contributed by atoms with E-state index in [4.69, 9.17) is 4.74 Å². The van der Waals surface area contributed by atoms with E-state index in [0.717, 1.165) is 45.1 Å². The van der Waals surface area contributed by atoms with Crippen molar-refractivity contribution >= 4 is 5.69 Å². The van der Waals surface area contributed by atoms with Crippen LogP contribution in [0.25, 0.3) is 0 Å². The first kappa shape index (κ1) is 17.1. The molecular formula is C16H22FN3O4. The molecule has 0 saturated carbocycles. The normalized spacial score (nSPS) is 21.5. The van der Waals surface area contributed by atoms with Crippen LogP contribution in [0.5, 0.6) is 5.75 Å². The highest BCUT2D eigenvalue weighted by atomic mass is 19.1. The summed E-state index contributed by atoms with van der Waals surface area (Å²) in [6.07, 6.45) is 1.58. The molecule has 0 spiro atoms. The molecule has 1 aromatic rings. The summed E-state index contributed by atoms with van der Waals surface area (Å²) in [6, 6.07) is 1.77. The van der Waals surface area contributed by atoms with Crippen LogP contribution in [0.3, 0.4) is 0 Å². The second kappa shape index (κ2) is 7.42. The number of nitrogens with zero attached hydrogens (tertiary/aromatic N) is 2. The Morgan fingerprint density at radius 3 is 2.62 bits per heavy atom. The molecule has 2 N–H and O–H groups in total. The Labute approximate surface area is 139 Å². The van der Waals surface area contributed by atoms with E-state index in [1.54, 1.807) is 0 Å². The minimum atomic E-state index is -0.735. The van der Waals surface area contributed by atoms with Gasteiger partial charge in [0.2, 0.25) is 0 Å². The van der Waals surface area contributed by atoms with Crippen LogP contribution in [0.1, 0.15) is 24.4 Å². The smallest absolute Gasteiger partial charge is 0.313 e. The lowest BCUT2D eigenvalue weighted by molar-refractivity contribution is -0.386. The summed E-state index contributed by atoms with van der Waals surface area (Å²) >= 11 is 0. The fraction of sp³-hybridized carbons (Fsp3) is 0.625. The summed E-state index contributed by atoms with van der Waals surface area (Å²) in [6.45, 7) is 4.35. The number of nitro benzene ring substituents is 1. The summed E-state index contributed by atoms with van der Waals surface area (Å²) in [5.41, 5.74) is -0.257. The van der Waals surface area contributed by atoms with E-state index < -0.39 is 22.2 Å². The van der Waals surface area contributed by atoms with Crippen LogP contribution >= 0.6 is 0 Å². The monoisotopic (exact) mass is 339 g/mol. The third kappa shape index (κ3) is 3.50. The van der Waals surface area contributed by atoms with E-state index in [-0.39, 0.29) is 12.0 Å². The average Bonchev–Trinajstić information content (AvgIpc) is 2.59. The van der Waals surface area contributed by atoms with E-state index >= 15 is 0 Å². The first-order chi connectivity index (χ1) is 11.6. The number of nitro groups is 1. The van der Waals surface area contributed by atoms with Crippen molar-refractivity contribution in [3.8, 4) is 5.75 Å². The number of nitrogens with one attached hydrogen (secondary N) is 1. The van der Waals surface area contributed by atoms with E-state index in [1.165, 1.54) is 6.07 Å². The molecule has 0 amide bonds. The van der Waals surface area contributed by atoms with Crippen LogP contribution in [-0.4, -0.2) is 54.3 Å². The molecule has 1 atom stereocenters. The molecule has 8 heteroatoms. The number of hydrogen-bond donors (Lipinski definition) is 2. The topological polar surface area (TPSA) is 87.9 Å². The SMILES string of the molecule is O=[N+]([O-])c1cc(F)cc([C@@H](C2CCOCC2)N2CCNCC2)c1O. The van der Waals surface area contributed by atoms with Crippen molar-refractivity contribution in [3.05, 3.63) is 33.6 Å². The molecule has 7 nitrogen and oxygen atoms in total. The van der Waals surface area contributed by atoms with Crippen LogP contribution < -0.4 is 5.32 Å². The Kier molecular flexibility index (Phi) is 5.27. The van der Waals surface area contributed by atoms with Crippen LogP contribution in [0.2, 0.25) is 0 Å². The molecule has 3 rings (SSSR count). The minimum absolute atomic E-state index is 0.171. The highest BCUT2D eigenvalue weighted by Gasteiger charge is 2.35. The van der Waals surface area contributed by atoms with Gasteiger partial charge in [-0.15, -0.1) is 0 Å². The van der Waals surface area contributed by atoms with Crippen LogP contribution in [-0.2, 0) is 4.74 Å². The molecular weight excluding hydrogens is 317 g/mol. The lowest BCUT2D eigenvalue weighted by Gasteiger charge is -2.41. The quantitative estimate of drug-likeness (QED) is 0.643. The standard InChI is InChI=1S/C16H22FN3O4/c17-12-9-13(16(21)14(10-12)20(22)23)15(11-1-7-24-8-2-11)19-5-3-18-4-6-19/h9-11,15,18,21H,1-8H2/t15-/m1/s1. The van der Waals surface area contributed by atoms with Gasteiger partial charge in [-0.1, -0.05) is 0 Å². The van der Waals surface area contributed by atoms with Gasteiger partial charge >= 0.3 is 5.69 Å².